The number of nitrogens with one attached hydrogen (secondary N) is 1. The lowest BCUT2D eigenvalue weighted by molar-refractivity contribution is -0.135. The molecule has 0 saturated heterocycles. The van der Waals surface area contributed by atoms with E-state index in [1.807, 2.05) is 0 Å². The van der Waals surface area contributed by atoms with E-state index in [4.69, 9.17) is 9.47 Å². The monoisotopic (exact) mass is 584 g/mol. The highest BCUT2D eigenvalue weighted by Crippen LogP contribution is 2.38. The van der Waals surface area contributed by atoms with Gasteiger partial charge in [0.2, 0.25) is 0 Å². The predicted octanol–water partition coefficient (Wildman–Crippen LogP) is 6.67. The van der Waals surface area contributed by atoms with E-state index < -0.39 is 47.8 Å². The topological polar surface area (TPSA) is 84.9 Å². The van der Waals surface area contributed by atoms with E-state index in [1.165, 1.54) is 18.1 Å². The lowest BCUT2D eigenvalue weighted by atomic mass is 10.0. The Morgan fingerprint density at radius 3 is 2.38 bits per heavy atom. The maximum atomic E-state index is 15.1. The van der Waals surface area contributed by atoms with Crippen LogP contribution in [0.15, 0.2) is 41.3 Å². The van der Waals surface area contributed by atoms with Crippen molar-refractivity contribution in [2.45, 2.75) is 75.7 Å². The summed E-state index contributed by atoms with van der Waals surface area (Å²) < 4.78 is 62.9. The number of ether oxygens (including phenoxy) is 2. The Labute approximate surface area is 234 Å². The molecule has 1 aliphatic heterocycles. The van der Waals surface area contributed by atoms with E-state index in [-0.39, 0.29) is 42.8 Å². The summed E-state index contributed by atoms with van der Waals surface area (Å²) in [6.45, 7) is 5.10. The number of amides is 2. The first-order chi connectivity index (χ1) is 18.7. The largest absolute Gasteiger partial charge is 0.497 e. The molecule has 0 aliphatic carbocycles. The van der Waals surface area contributed by atoms with Crippen molar-refractivity contribution in [2.24, 2.45) is 0 Å². The summed E-state index contributed by atoms with van der Waals surface area (Å²) in [4.78, 5) is 40.8. The molecule has 40 heavy (non-hydrogen) atoms. The van der Waals surface area contributed by atoms with Crippen molar-refractivity contribution in [3.05, 3.63) is 53.3 Å². The van der Waals surface area contributed by atoms with Crippen LogP contribution in [0.1, 0.15) is 62.4 Å². The quantitative estimate of drug-likeness (QED) is 0.201. The highest BCUT2D eigenvalue weighted by molar-refractivity contribution is 7.99. The van der Waals surface area contributed by atoms with E-state index in [1.54, 1.807) is 45.0 Å². The van der Waals surface area contributed by atoms with Gasteiger partial charge in [-0.2, -0.15) is 13.2 Å². The van der Waals surface area contributed by atoms with Crippen LogP contribution in [-0.2, 0) is 16.1 Å². The minimum Gasteiger partial charge on any atom is -0.497 e. The van der Waals surface area contributed by atoms with Gasteiger partial charge in [-0.15, -0.1) is 11.8 Å². The first-order valence-corrected chi connectivity index (χ1v) is 13.7. The predicted molar refractivity (Wildman–Crippen MR) is 143 cm³/mol. The van der Waals surface area contributed by atoms with Crippen LogP contribution in [0, 0.1) is 5.82 Å². The third-order valence-corrected chi connectivity index (χ3v) is 7.05. The summed E-state index contributed by atoms with van der Waals surface area (Å²) in [5.41, 5.74) is -0.140. The first-order valence-electron chi connectivity index (χ1n) is 12.7. The van der Waals surface area contributed by atoms with E-state index in [9.17, 15) is 27.6 Å². The van der Waals surface area contributed by atoms with Gasteiger partial charge in [-0.25, -0.2) is 9.18 Å². The molecule has 7 nitrogen and oxygen atoms in total. The summed E-state index contributed by atoms with van der Waals surface area (Å²) in [7, 11) is 1.52. The van der Waals surface area contributed by atoms with Crippen molar-refractivity contribution in [3.63, 3.8) is 0 Å². The molecule has 3 rings (SSSR count). The van der Waals surface area contributed by atoms with Crippen molar-refractivity contribution in [1.29, 1.82) is 0 Å². The molecule has 2 aromatic rings. The van der Waals surface area contributed by atoms with Crippen molar-refractivity contribution in [3.8, 4) is 5.75 Å². The lowest BCUT2D eigenvalue weighted by Crippen LogP contribution is -2.50. The van der Waals surface area contributed by atoms with Crippen LogP contribution in [0.5, 0.6) is 5.75 Å². The smallest absolute Gasteiger partial charge is 0.408 e. The van der Waals surface area contributed by atoms with Gasteiger partial charge in [-0.3, -0.25) is 9.59 Å². The van der Waals surface area contributed by atoms with Gasteiger partial charge >= 0.3 is 12.3 Å². The molecule has 2 aromatic carbocycles. The second-order valence-electron chi connectivity index (χ2n) is 10.3. The first kappa shape index (κ1) is 31.3. The zero-order valence-corrected chi connectivity index (χ0v) is 23.5. The number of hydrogen-bond donors (Lipinski definition) is 1. The van der Waals surface area contributed by atoms with Gasteiger partial charge in [-0.1, -0.05) is 12.1 Å². The summed E-state index contributed by atoms with van der Waals surface area (Å²) in [5.74, 6) is -1.30. The fourth-order valence-electron chi connectivity index (χ4n) is 4.01. The molecule has 0 bridgehead atoms. The second-order valence-corrected chi connectivity index (χ2v) is 11.4. The number of carbonyl (C=O) groups excluding carboxylic acids is 3. The number of carbonyl (C=O) groups is 3. The molecule has 0 spiro atoms. The standard InChI is InChI=1S/C28H32F4N2O5S/c1-27(2,3)39-26(37)33-21-16-40-24-14-20(29)19(23(35)7-5-6-12-28(30,31)32)13-22(24)34(25(21)36)15-17-8-10-18(38-4)11-9-17/h8-11,13-14,21H,5-7,12,15-16H2,1-4H3,(H,33,37)/t21-/m0/s1. The molecule has 1 atom stereocenters. The van der Waals surface area contributed by atoms with Crippen LogP contribution < -0.4 is 15.0 Å². The molecule has 0 unspecified atom stereocenters. The van der Waals surface area contributed by atoms with Crippen molar-refractivity contribution in [1.82, 2.24) is 5.32 Å². The average Bonchev–Trinajstić information content (AvgIpc) is 2.97. The van der Waals surface area contributed by atoms with Gasteiger partial charge in [0.1, 0.15) is 23.2 Å². The Morgan fingerprint density at radius 1 is 1.10 bits per heavy atom. The summed E-state index contributed by atoms with van der Waals surface area (Å²) in [6, 6.07) is 8.31. The Bertz CT molecular complexity index is 1230. The van der Waals surface area contributed by atoms with E-state index >= 15 is 4.39 Å². The molecular formula is C28H32F4N2O5S. The van der Waals surface area contributed by atoms with Gasteiger partial charge in [0.05, 0.1) is 24.9 Å². The Balaban J connectivity index is 1.92. The molecule has 0 saturated carbocycles. The van der Waals surface area contributed by atoms with Crippen LogP contribution in [0.3, 0.4) is 0 Å². The number of halogens is 4. The van der Waals surface area contributed by atoms with Gasteiger partial charge in [0.25, 0.3) is 5.91 Å². The summed E-state index contributed by atoms with van der Waals surface area (Å²) >= 11 is 1.13. The Hall–Kier alpha value is -3.28. The van der Waals surface area contributed by atoms with Crippen LogP contribution in [0.2, 0.25) is 0 Å². The molecule has 1 N–H and O–H groups in total. The number of thioether (sulfide) groups is 1. The molecule has 0 fully saturated rings. The van der Waals surface area contributed by atoms with Crippen LogP contribution in [-0.4, -0.2) is 48.5 Å². The van der Waals surface area contributed by atoms with Crippen molar-refractivity contribution in [2.75, 3.05) is 17.8 Å². The number of benzene rings is 2. The number of hydrogen-bond acceptors (Lipinski definition) is 6. The molecule has 0 aromatic heterocycles. The van der Waals surface area contributed by atoms with Crippen LogP contribution in [0.25, 0.3) is 0 Å². The number of anilines is 1. The fourth-order valence-corrected chi connectivity index (χ4v) is 5.09. The molecule has 12 heteroatoms. The Kier molecular flexibility index (Phi) is 10.1. The molecule has 218 valence electrons. The maximum absolute atomic E-state index is 15.1. The van der Waals surface area contributed by atoms with Gasteiger partial charge in [-0.05, 0) is 63.4 Å². The second kappa shape index (κ2) is 12.9. The molecular weight excluding hydrogens is 552 g/mol. The lowest BCUT2D eigenvalue weighted by Gasteiger charge is -2.27. The fraction of sp³-hybridized carbons (Fsp3) is 0.464. The zero-order chi connectivity index (χ0) is 29.7. The minimum atomic E-state index is -4.33. The number of fused-ring (bicyclic) bond motifs is 1. The Morgan fingerprint density at radius 2 is 1.77 bits per heavy atom. The highest BCUT2D eigenvalue weighted by atomic mass is 32.2. The number of alkyl carbamates (subject to hydrolysis) is 1. The van der Waals surface area contributed by atoms with Gasteiger partial charge < -0.3 is 19.7 Å². The summed E-state index contributed by atoms with van der Waals surface area (Å²) in [5, 5.41) is 2.59. The van der Waals surface area contributed by atoms with Crippen LogP contribution in [0.4, 0.5) is 28.0 Å². The van der Waals surface area contributed by atoms with Crippen molar-refractivity contribution < 1.29 is 41.4 Å². The van der Waals surface area contributed by atoms with Crippen molar-refractivity contribution >= 4 is 35.2 Å². The number of nitrogens with zero attached hydrogens (tertiary/aromatic N) is 1. The minimum absolute atomic E-state index is 0.0354. The number of unbranched alkanes of at least 4 members (excludes halogenated alkanes) is 1. The van der Waals surface area contributed by atoms with Gasteiger partial charge in [0.15, 0.2) is 5.78 Å². The normalized spacial score (nSPS) is 15.8. The third kappa shape index (κ3) is 8.87. The van der Waals surface area contributed by atoms with Crippen LogP contribution >= 0.6 is 11.8 Å². The van der Waals surface area contributed by atoms with E-state index in [0.717, 1.165) is 17.8 Å². The van der Waals surface area contributed by atoms with Gasteiger partial charge in [0, 0.05) is 23.5 Å². The number of alkyl halides is 3. The summed E-state index contributed by atoms with van der Waals surface area (Å²) in [6.07, 6.45) is -6.73. The van der Waals surface area contributed by atoms with E-state index in [0.29, 0.717) is 16.2 Å². The zero-order valence-electron chi connectivity index (χ0n) is 22.7. The third-order valence-electron chi connectivity index (χ3n) is 5.91. The number of ketones is 1. The molecule has 0 radical (unpaired) electrons. The molecule has 1 heterocycles. The SMILES string of the molecule is COc1ccc(CN2C(=O)[C@@H](NC(=O)OC(C)(C)C)CSc3cc(F)c(C(=O)CCCCC(F)(F)F)cc32)cc1. The van der Waals surface area contributed by atoms with E-state index in [2.05, 4.69) is 5.32 Å². The molecule has 1 aliphatic rings. The molecule has 2 amide bonds. The number of methoxy groups -OCH3 is 1. The average molecular weight is 585 g/mol. The number of Topliss-reactive ketones (excluding diaryl/α,β-unsaturated/α-hetero) is 1. The maximum Gasteiger partial charge on any atom is 0.408 e. The number of rotatable bonds is 9. The highest BCUT2D eigenvalue weighted by Gasteiger charge is 2.34.